The maximum atomic E-state index is 5.26. The van der Waals surface area contributed by atoms with Crippen molar-refractivity contribution >= 4 is 10.8 Å². The summed E-state index contributed by atoms with van der Waals surface area (Å²) in [4.78, 5) is 25.5. The fourth-order valence-corrected chi connectivity index (χ4v) is 8.59. The first-order chi connectivity index (χ1) is 26.2. The molecule has 3 atom stereocenters. The largest absolute Gasteiger partial charge is 0.228 e. The standard InChI is InChI=1S/C48H37N5/c1-4-12-34(13-5-1)45-49-43(33-24-22-32(23-25-33)41-27-31-20-21-38(41)26-31)30-44(50-45)42-29-39(28-37-18-10-11-19-40(37)42)48-52-46(35-14-6-2-7-15-35)51-47(53-48)36-16-8-3-9-17-36/h1-19,22-25,28-31,38,41H,20-21,26-27H2. The summed E-state index contributed by atoms with van der Waals surface area (Å²) in [6.07, 6.45) is 5.53. The molecule has 2 aliphatic rings. The lowest BCUT2D eigenvalue weighted by molar-refractivity contribution is 0.420. The van der Waals surface area contributed by atoms with Gasteiger partial charge >= 0.3 is 0 Å². The van der Waals surface area contributed by atoms with Crippen LogP contribution >= 0.6 is 0 Å². The minimum atomic E-state index is 0.610. The second-order valence-corrected chi connectivity index (χ2v) is 14.5. The summed E-state index contributed by atoms with van der Waals surface area (Å²) in [6.45, 7) is 0. The van der Waals surface area contributed by atoms with Gasteiger partial charge in [0.15, 0.2) is 23.3 Å². The summed E-state index contributed by atoms with van der Waals surface area (Å²) in [5, 5.41) is 2.19. The second-order valence-electron chi connectivity index (χ2n) is 14.5. The zero-order valence-corrected chi connectivity index (χ0v) is 29.3. The Morgan fingerprint density at radius 3 is 1.53 bits per heavy atom. The van der Waals surface area contributed by atoms with Crippen molar-refractivity contribution in [1.29, 1.82) is 0 Å². The first-order valence-corrected chi connectivity index (χ1v) is 18.7. The number of aromatic nitrogens is 5. The van der Waals surface area contributed by atoms with E-state index in [0.29, 0.717) is 29.2 Å². The highest BCUT2D eigenvalue weighted by molar-refractivity contribution is 5.99. The van der Waals surface area contributed by atoms with Gasteiger partial charge in [0.05, 0.1) is 11.4 Å². The van der Waals surface area contributed by atoms with E-state index in [1.165, 1.54) is 31.2 Å². The van der Waals surface area contributed by atoms with E-state index >= 15 is 0 Å². The van der Waals surface area contributed by atoms with Gasteiger partial charge in [-0.1, -0.05) is 146 Å². The molecule has 0 N–H and O–H groups in total. The van der Waals surface area contributed by atoms with Gasteiger partial charge in [-0.25, -0.2) is 24.9 Å². The molecule has 2 saturated carbocycles. The third-order valence-electron chi connectivity index (χ3n) is 11.2. The molecule has 2 aliphatic carbocycles. The van der Waals surface area contributed by atoms with E-state index in [-0.39, 0.29) is 0 Å². The maximum absolute atomic E-state index is 5.26. The number of benzene rings is 6. The van der Waals surface area contributed by atoms with Crippen molar-refractivity contribution in [2.75, 3.05) is 0 Å². The van der Waals surface area contributed by atoms with Crippen molar-refractivity contribution < 1.29 is 0 Å². The van der Waals surface area contributed by atoms with Crippen molar-refractivity contribution in [3.8, 4) is 68.1 Å². The Hall–Kier alpha value is -6.33. The molecule has 0 spiro atoms. The Balaban J connectivity index is 1.13. The minimum absolute atomic E-state index is 0.610. The quantitative estimate of drug-likeness (QED) is 0.167. The van der Waals surface area contributed by atoms with E-state index in [0.717, 1.165) is 67.4 Å². The molecule has 0 amide bonds. The highest BCUT2D eigenvalue weighted by Gasteiger charge is 2.40. The van der Waals surface area contributed by atoms with Crippen LogP contribution in [-0.4, -0.2) is 24.9 Å². The summed E-state index contributed by atoms with van der Waals surface area (Å²) in [7, 11) is 0. The summed E-state index contributed by atoms with van der Waals surface area (Å²) < 4.78 is 0. The molecule has 5 nitrogen and oxygen atoms in total. The van der Waals surface area contributed by atoms with Crippen LogP contribution in [0.25, 0.3) is 78.8 Å². The molecule has 53 heavy (non-hydrogen) atoms. The summed E-state index contributed by atoms with van der Waals surface area (Å²) in [5.74, 6) is 5.03. The Morgan fingerprint density at radius 1 is 0.396 bits per heavy atom. The minimum Gasteiger partial charge on any atom is -0.228 e. The summed E-state index contributed by atoms with van der Waals surface area (Å²) in [5.41, 5.74) is 9.07. The Morgan fingerprint density at radius 2 is 0.943 bits per heavy atom. The zero-order valence-electron chi connectivity index (χ0n) is 29.3. The third kappa shape index (κ3) is 6.08. The number of nitrogens with zero attached hydrogens (tertiary/aromatic N) is 5. The highest BCUT2D eigenvalue weighted by Crippen LogP contribution is 2.53. The Bertz CT molecular complexity index is 2510. The molecule has 6 aromatic carbocycles. The van der Waals surface area contributed by atoms with Gasteiger partial charge in [-0.2, -0.15) is 0 Å². The molecule has 10 rings (SSSR count). The second kappa shape index (κ2) is 13.3. The van der Waals surface area contributed by atoms with Gasteiger partial charge in [0.2, 0.25) is 0 Å². The van der Waals surface area contributed by atoms with Crippen molar-refractivity contribution in [3.05, 3.63) is 163 Å². The van der Waals surface area contributed by atoms with E-state index in [9.17, 15) is 0 Å². The molecule has 2 heterocycles. The van der Waals surface area contributed by atoms with Crippen LogP contribution in [0.2, 0.25) is 0 Å². The number of rotatable bonds is 7. The summed E-state index contributed by atoms with van der Waals surface area (Å²) in [6, 6.07) is 54.7. The lowest BCUT2D eigenvalue weighted by Crippen LogP contribution is -2.08. The van der Waals surface area contributed by atoms with Crippen LogP contribution in [0.1, 0.15) is 37.2 Å². The molecule has 2 fully saturated rings. The van der Waals surface area contributed by atoms with E-state index in [4.69, 9.17) is 24.9 Å². The van der Waals surface area contributed by atoms with E-state index in [1.54, 1.807) is 0 Å². The fraction of sp³-hybridized carbons (Fsp3) is 0.146. The molecule has 8 aromatic rings. The molecule has 3 unspecified atom stereocenters. The fourth-order valence-electron chi connectivity index (χ4n) is 8.59. The molecular formula is C48H37N5. The van der Waals surface area contributed by atoms with Gasteiger partial charge in [-0.15, -0.1) is 0 Å². The molecule has 5 heteroatoms. The van der Waals surface area contributed by atoms with Crippen molar-refractivity contribution in [2.24, 2.45) is 11.8 Å². The molecule has 254 valence electrons. The van der Waals surface area contributed by atoms with Crippen molar-refractivity contribution in [2.45, 2.75) is 31.6 Å². The lowest BCUT2D eigenvalue weighted by Gasteiger charge is -2.22. The van der Waals surface area contributed by atoms with Gasteiger partial charge < -0.3 is 0 Å². The molecule has 0 radical (unpaired) electrons. The molecule has 0 saturated heterocycles. The molecular weight excluding hydrogens is 647 g/mol. The average molecular weight is 684 g/mol. The van der Waals surface area contributed by atoms with E-state index < -0.39 is 0 Å². The maximum Gasteiger partial charge on any atom is 0.164 e. The monoisotopic (exact) mass is 683 g/mol. The first-order valence-electron chi connectivity index (χ1n) is 18.7. The predicted molar refractivity (Wildman–Crippen MR) is 214 cm³/mol. The first kappa shape index (κ1) is 31.4. The lowest BCUT2D eigenvalue weighted by atomic mass is 9.83. The van der Waals surface area contributed by atoms with Crippen LogP contribution in [0, 0.1) is 11.8 Å². The molecule has 2 aromatic heterocycles. The number of fused-ring (bicyclic) bond motifs is 3. The normalized spacial score (nSPS) is 17.7. The topological polar surface area (TPSA) is 64.5 Å². The SMILES string of the molecule is c1ccc(-c2nc(-c3ccc(C4CC5CCC4C5)cc3)cc(-c3cc(-c4nc(-c5ccccc5)nc(-c5ccccc5)n4)cc4ccccc34)n2)cc1. The Labute approximate surface area is 309 Å². The predicted octanol–water partition coefficient (Wildman–Crippen LogP) is 11.7. The number of hydrogen-bond acceptors (Lipinski definition) is 5. The van der Waals surface area contributed by atoms with Gasteiger partial charge in [0, 0.05) is 33.4 Å². The highest BCUT2D eigenvalue weighted by atomic mass is 15.0. The average Bonchev–Trinajstić information content (AvgIpc) is 3.89. The van der Waals surface area contributed by atoms with E-state index in [2.05, 4.69) is 78.9 Å². The van der Waals surface area contributed by atoms with Gasteiger partial charge in [0.1, 0.15) is 0 Å². The van der Waals surface area contributed by atoms with E-state index in [1.807, 2.05) is 78.9 Å². The van der Waals surface area contributed by atoms with Crippen LogP contribution < -0.4 is 0 Å². The smallest absolute Gasteiger partial charge is 0.164 e. The molecule has 0 aliphatic heterocycles. The van der Waals surface area contributed by atoms with Crippen molar-refractivity contribution in [3.63, 3.8) is 0 Å². The zero-order chi connectivity index (χ0) is 35.1. The van der Waals surface area contributed by atoms with Crippen molar-refractivity contribution in [1.82, 2.24) is 24.9 Å². The van der Waals surface area contributed by atoms with Gasteiger partial charge in [0.25, 0.3) is 0 Å². The van der Waals surface area contributed by atoms with Crippen LogP contribution in [0.3, 0.4) is 0 Å². The summed E-state index contributed by atoms with van der Waals surface area (Å²) >= 11 is 0. The van der Waals surface area contributed by atoms with Gasteiger partial charge in [-0.3, -0.25) is 0 Å². The molecule has 2 bridgehead atoms. The Kier molecular flexibility index (Phi) is 7.90. The number of hydrogen-bond donors (Lipinski definition) is 0. The van der Waals surface area contributed by atoms with Crippen LogP contribution in [0.4, 0.5) is 0 Å². The third-order valence-corrected chi connectivity index (χ3v) is 11.2. The van der Waals surface area contributed by atoms with Crippen LogP contribution in [-0.2, 0) is 0 Å². The van der Waals surface area contributed by atoms with Gasteiger partial charge in [-0.05, 0) is 71.6 Å². The van der Waals surface area contributed by atoms with Crippen LogP contribution in [0.5, 0.6) is 0 Å². The van der Waals surface area contributed by atoms with Crippen LogP contribution in [0.15, 0.2) is 158 Å².